The van der Waals surface area contributed by atoms with Crippen molar-refractivity contribution in [2.45, 2.75) is 25.3 Å². The minimum Gasteiger partial charge on any atom is -0.271 e. The molecule has 0 aliphatic heterocycles. The molecule has 0 radical (unpaired) electrons. The lowest BCUT2D eigenvalue weighted by Gasteiger charge is -2.36. The summed E-state index contributed by atoms with van der Waals surface area (Å²) in [6.45, 7) is 2.14. The molecule has 3 N–H and O–H groups in total. The van der Waals surface area contributed by atoms with Crippen molar-refractivity contribution in [2.24, 2.45) is 5.84 Å². The van der Waals surface area contributed by atoms with E-state index in [0.29, 0.717) is 5.92 Å². The Balaban J connectivity index is 1.90. The molecule has 3 rings (SSSR count). The lowest BCUT2D eigenvalue weighted by atomic mass is 9.72. The van der Waals surface area contributed by atoms with Crippen LogP contribution in [-0.2, 0) is 6.42 Å². The number of thiophene rings is 1. The third kappa shape index (κ3) is 1.80. The molecule has 2 atom stereocenters. The van der Waals surface area contributed by atoms with Crippen LogP contribution in [0.3, 0.4) is 0 Å². The largest absolute Gasteiger partial charge is 0.271 e. The number of benzene rings is 1. The van der Waals surface area contributed by atoms with Gasteiger partial charge in [-0.05, 0) is 41.5 Å². The Morgan fingerprint density at radius 1 is 1.41 bits per heavy atom. The number of aryl methyl sites for hydroxylation is 1. The highest BCUT2D eigenvalue weighted by Crippen LogP contribution is 2.43. The van der Waals surface area contributed by atoms with Gasteiger partial charge in [0.2, 0.25) is 0 Å². The van der Waals surface area contributed by atoms with E-state index in [9.17, 15) is 0 Å². The van der Waals surface area contributed by atoms with Crippen LogP contribution < -0.4 is 11.3 Å². The molecule has 0 saturated carbocycles. The predicted octanol–water partition coefficient (Wildman–Crippen LogP) is 2.90. The first kappa shape index (κ1) is 11.0. The summed E-state index contributed by atoms with van der Waals surface area (Å²) in [5.41, 5.74) is 7.20. The summed E-state index contributed by atoms with van der Waals surface area (Å²) in [5, 5.41) is 2.21. The van der Waals surface area contributed by atoms with Gasteiger partial charge in [-0.25, -0.2) is 0 Å². The van der Waals surface area contributed by atoms with Crippen molar-refractivity contribution in [1.82, 2.24) is 5.43 Å². The smallest absolute Gasteiger partial charge is 0.0540 e. The molecular formula is C14H16N2S. The van der Waals surface area contributed by atoms with Crippen LogP contribution in [-0.4, -0.2) is 0 Å². The first-order chi connectivity index (χ1) is 8.29. The summed E-state index contributed by atoms with van der Waals surface area (Å²) < 4.78 is 0. The molecule has 1 aliphatic rings. The van der Waals surface area contributed by atoms with Crippen molar-refractivity contribution in [2.75, 3.05) is 0 Å². The second kappa shape index (κ2) is 4.26. The second-order valence-electron chi connectivity index (χ2n) is 4.64. The maximum atomic E-state index is 5.74. The third-order valence-electron chi connectivity index (χ3n) is 3.59. The van der Waals surface area contributed by atoms with Gasteiger partial charge in [-0.3, -0.25) is 11.3 Å². The fourth-order valence-corrected chi connectivity index (χ4v) is 3.41. The van der Waals surface area contributed by atoms with Crippen molar-refractivity contribution >= 4 is 11.3 Å². The average molecular weight is 244 g/mol. The maximum Gasteiger partial charge on any atom is 0.0540 e. The van der Waals surface area contributed by atoms with E-state index >= 15 is 0 Å². The van der Waals surface area contributed by atoms with Gasteiger partial charge in [0.25, 0.3) is 0 Å². The number of hydrazine groups is 1. The maximum absolute atomic E-state index is 5.74. The van der Waals surface area contributed by atoms with Gasteiger partial charge in [0.1, 0.15) is 0 Å². The van der Waals surface area contributed by atoms with E-state index in [1.54, 1.807) is 11.3 Å². The van der Waals surface area contributed by atoms with Gasteiger partial charge >= 0.3 is 0 Å². The molecule has 0 fully saturated rings. The zero-order valence-electron chi connectivity index (χ0n) is 9.81. The normalized spacial score (nSPS) is 19.5. The van der Waals surface area contributed by atoms with Crippen molar-refractivity contribution in [3.05, 3.63) is 57.3 Å². The fourth-order valence-electron chi connectivity index (χ4n) is 2.67. The first-order valence-electron chi connectivity index (χ1n) is 5.88. The number of nitrogens with two attached hydrogens (primary N) is 1. The Bertz CT molecular complexity index is 533. The van der Waals surface area contributed by atoms with Crippen LogP contribution in [0.5, 0.6) is 0 Å². The molecule has 1 heterocycles. The van der Waals surface area contributed by atoms with Crippen LogP contribution in [0, 0.1) is 6.92 Å². The van der Waals surface area contributed by atoms with Crippen LogP contribution in [0.1, 0.15) is 33.5 Å². The third-order valence-corrected chi connectivity index (χ3v) is 4.47. The van der Waals surface area contributed by atoms with E-state index in [4.69, 9.17) is 5.84 Å². The number of hydrogen-bond acceptors (Lipinski definition) is 3. The Hall–Kier alpha value is -1.16. The van der Waals surface area contributed by atoms with E-state index in [-0.39, 0.29) is 6.04 Å². The molecule has 17 heavy (non-hydrogen) atoms. The summed E-state index contributed by atoms with van der Waals surface area (Å²) in [4.78, 5) is 1.34. The van der Waals surface area contributed by atoms with Crippen molar-refractivity contribution < 1.29 is 0 Å². The summed E-state index contributed by atoms with van der Waals surface area (Å²) in [6, 6.07) is 11.1. The van der Waals surface area contributed by atoms with E-state index in [1.807, 2.05) is 0 Å². The first-order valence-corrected chi connectivity index (χ1v) is 6.76. The van der Waals surface area contributed by atoms with Gasteiger partial charge in [-0.2, -0.15) is 0 Å². The minimum absolute atomic E-state index is 0.245. The quantitative estimate of drug-likeness (QED) is 0.643. The number of fused-ring (bicyclic) bond motifs is 1. The number of nitrogens with one attached hydrogen (secondary N) is 1. The van der Waals surface area contributed by atoms with Crippen LogP contribution in [0.2, 0.25) is 0 Å². The van der Waals surface area contributed by atoms with E-state index < -0.39 is 0 Å². The van der Waals surface area contributed by atoms with E-state index in [2.05, 4.69) is 48.1 Å². The minimum atomic E-state index is 0.245. The number of hydrogen-bond donors (Lipinski definition) is 2. The van der Waals surface area contributed by atoms with Gasteiger partial charge in [0.15, 0.2) is 0 Å². The highest BCUT2D eigenvalue weighted by Gasteiger charge is 2.33. The van der Waals surface area contributed by atoms with Gasteiger partial charge < -0.3 is 0 Å². The summed E-state index contributed by atoms with van der Waals surface area (Å²) in [6.07, 6.45) is 1.12. The molecule has 3 heteroatoms. The molecule has 0 bridgehead atoms. The molecule has 0 saturated heterocycles. The Morgan fingerprint density at radius 3 is 2.88 bits per heavy atom. The summed E-state index contributed by atoms with van der Waals surface area (Å²) in [5.74, 6) is 6.25. The second-order valence-corrected chi connectivity index (χ2v) is 5.76. The van der Waals surface area contributed by atoms with Gasteiger partial charge in [-0.15, -0.1) is 11.3 Å². The predicted molar refractivity (Wildman–Crippen MR) is 72.0 cm³/mol. The lowest BCUT2D eigenvalue weighted by Crippen LogP contribution is -2.36. The fraction of sp³-hybridized carbons (Fsp3) is 0.286. The van der Waals surface area contributed by atoms with Crippen LogP contribution in [0.4, 0.5) is 0 Å². The van der Waals surface area contributed by atoms with Crippen molar-refractivity contribution in [3.8, 4) is 0 Å². The highest BCUT2D eigenvalue weighted by atomic mass is 32.1. The Morgan fingerprint density at radius 2 is 2.24 bits per heavy atom. The topological polar surface area (TPSA) is 38.0 Å². The standard InChI is InChI=1S/C14H16N2S/c1-9-6-11(8-17-9)14(16-15)13-7-10-4-2-3-5-12(10)13/h2-6,8,13-14,16H,7,15H2,1H3. The van der Waals surface area contributed by atoms with Gasteiger partial charge in [-0.1, -0.05) is 24.3 Å². The molecular weight excluding hydrogens is 228 g/mol. The Labute approximate surface area is 105 Å². The van der Waals surface area contributed by atoms with Gasteiger partial charge in [0, 0.05) is 10.8 Å². The molecule has 2 nitrogen and oxygen atoms in total. The highest BCUT2D eigenvalue weighted by molar-refractivity contribution is 7.10. The van der Waals surface area contributed by atoms with Crippen LogP contribution >= 0.6 is 11.3 Å². The monoisotopic (exact) mass is 244 g/mol. The average Bonchev–Trinajstić information content (AvgIpc) is 2.72. The van der Waals surface area contributed by atoms with E-state index in [1.165, 1.54) is 21.6 Å². The molecule has 88 valence electrons. The zero-order valence-corrected chi connectivity index (χ0v) is 10.6. The molecule has 0 spiro atoms. The zero-order chi connectivity index (χ0) is 11.8. The lowest BCUT2D eigenvalue weighted by molar-refractivity contribution is 0.420. The van der Waals surface area contributed by atoms with Crippen molar-refractivity contribution in [3.63, 3.8) is 0 Å². The SMILES string of the molecule is Cc1cc(C(NN)C2Cc3ccccc32)cs1. The van der Waals surface area contributed by atoms with Crippen LogP contribution in [0.15, 0.2) is 35.7 Å². The summed E-state index contributed by atoms with van der Waals surface area (Å²) in [7, 11) is 0. The molecule has 2 unspecified atom stereocenters. The van der Waals surface area contributed by atoms with Crippen LogP contribution in [0.25, 0.3) is 0 Å². The summed E-state index contributed by atoms with van der Waals surface area (Å²) >= 11 is 1.79. The molecule has 1 aromatic heterocycles. The number of rotatable bonds is 3. The molecule has 1 aliphatic carbocycles. The van der Waals surface area contributed by atoms with Crippen molar-refractivity contribution in [1.29, 1.82) is 0 Å². The van der Waals surface area contributed by atoms with Gasteiger partial charge in [0.05, 0.1) is 6.04 Å². The Kier molecular flexibility index (Phi) is 2.74. The molecule has 0 amide bonds. The molecule has 1 aromatic carbocycles. The molecule has 2 aromatic rings. The van der Waals surface area contributed by atoms with E-state index in [0.717, 1.165) is 6.42 Å².